The Labute approximate surface area is 89.3 Å². The fraction of sp³-hybridized carbons (Fsp3) is 0.500. The van der Waals surface area contributed by atoms with Crippen LogP contribution in [-0.4, -0.2) is 14.4 Å². The standard InChI is InChI=1S/C12H22OSi/c1-7-10-11(8-2)12(9-3)13-14(4,5)6/h7-9,11-12H,1-3,10H2,4-6H3/t11-,12-/m0/s1. The van der Waals surface area contributed by atoms with Crippen molar-refractivity contribution in [3.8, 4) is 0 Å². The van der Waals surface area contributed by atoms with Crippen molar-refractivity contribution in [1.82, 2.24) is 0 Å². The van der Waals surface area contributed by atoms with Gasteiger partial charge in [0.2, 0.25) is 0 Å². The molecule has 0 amide bonds. The summed E-state index contributed by atoms with van der Waals surface area (Å²) in [7, 11) is -1.50. The molecular weight excluding hydrogens is 188 g/mol. The van der Waals surface area contributed by atoms with Gasteiger partial charge >= 0.3 is 0 Å². The number of allylic oxidation sites excluding steroid dienone is 1. The highest BCUT2D eigenvalue weighted by Crippen LogP contribution is 2.19. The van der Waals surface area contributed by atoms with Crippen LogP contribution in [0.5, 0.6) is 0 Å². The SMILES string of the molecule is C=CC[C@H](C=C)[C@H](C=C)O[Si](C)(C)C. The van der Waals surface area contributed by atoms with Crippen molar-refractivity contribution in [2.75, 3.05) is 0 Å². The van der Waals surface area contributed by atoms with Crippen LogP contribution in [0.4, 0.5) is 0 Å². The van der Waals surface area contributed by atoms with Crippen LogP contribution < -0.4 is 0 Å². The minimum absolute atomic E-state index is 0.0807. The fourth-order valence-corrected chi connectivity index (χ4v) is 2.36. The van der Waals surface area contributed by atoms with E-state index in [2.05, 4.69) is 39.4 Å². The third-order valence-electron chi connectivity index (χ3n) is 1.89. The number of hydrogen-bond donors (Lipinski definition) is 0. The highest BCUT2D eigenvalue weighted by Gasteiger charge is 2.23. The maximum atomic E-state index is 5.99. The van der Waals surface area contributed by atoms with Crippen molar-refractivity contribution in [2.45, 2.75) is 32.2 Å². The van der Waals surface area contributed by atoms with E-state index in [9.17, 15) is 0 Å². The van der Waals surface area contributed by atoms with Gasteiger partial charge in [-0.2, -0.15) is 0 Å². The van der Waals surface area contributed by atoms with Crippen LogP contribution in [0.1, 0.15) is 6.42 Å². The minimum atomic E-state index is -1.50. The van der Waals surface area contributed by atoms with Gasteiger partial charge in [0.15, 0.2) is 8.32 Å². The van der Waals surface area contributed by atoms with Gasteiger partial charge in [-0.3, -0.25) is 0 Å². The molecule has 0 saturated carbocycles. The van der Waals surface area contributed by atoms with Crippen LogP contribution in [0.2, 0.25) is 19.6 Å². The summed E-state index contributed by atoms with van der Waals surface area (Å²) in [6.07, 6.45) is 6.67. The van der Waals surface area contributed by atoms with E-state index < -0.39 is 8.32 Å². The van der Waals surface area contributed by atoms with E-state index in [0.29, 0.717) is 5.92 Å². The largest absolute Gasteiger partial charge is 0.411 e. The van der Waals surface area contributed by atoms with E-state index in [1.54, 1.807) is 0 Å². The molecule has 2 heteroatoms. The lowest BCUT2D eigenvalue weighted by Gasteiger charge is -2.28. The Bertz CT molecular complexity index is 203. The summed E-state index contributed by atoms with van der Waals surface area (Å²) in [6.45, 7) is 17.9. The van der Waals surface area contributed by atoms with Gasteiger partial charge < -0.3 is 4.43 Å². The second kappa shape index (κ2) is 5.99. The molecule has 2 atom stereocenters. The quantitative estimate of drug-likeness (QED) is 0.459. The first-order chi connectivity index (χ1) is 6.44. The van der Waals surface area contributed by atoms with E-state index >= 15 is 0 Å². The van der Waals surface area contributed by atoms with Crippen molar-refractivity contribution >= 4 is 8.32 Å². The highest BCUT2D eigenvalue weighted by atomic mass is 28.4. The van der Waals surface area contributed by atoms with Gasteiger partial charge in [0.05, 0.1) is 6.10 Å². The first kappa shape index (κ1) is 13.4. The van der Waals surface area contributed by atoms with Gasteiger partial charge in [0.25, 0.3) is 0 Å². The van der Waals surface area contributed by atoms with E-state index in [4.69, 9.17) is 4.43 Å². The van der Waals surface area contributed by atoms with Crippen LogP contribution in [0, 0.1) is 5.92 Å². The molecule has 0 fully saturated rings. The van der Waals surface area contributed by atoms with Crippen LogP contribution >= 0.6 is 0 Å². The van der Waals surface area contributed by atoms with Gasteiger partial charge in [0, 0.05) is 5.92 Å². The maximum absolute atomic E-state index is 5.99. The Morgan fingerprint density at radius 2 is 1.71 bits per heavy atom. The van der Waals surface area contributed by atoms with Crippen molar-refractivity contribution in [1.29, 1.82) is 0 Å². The number of hydrogen-bond acceptors (Lipinski definition) is 1. The molecule has 1 nitrogen and oxygen atoms in total. The van der Waals surface area contributed by atoms with E-state index in [1.807, 2.05) is 18.2 Å². The first-order valence-electron chi connectivity index (χ1n) is 4.98. The Balaban J connectivity index is 4.43. The van der Waals surface area contributed by atoms with E-state index in [1.165, 1.54) is 0 Å². The third kappa shape index (κ3) is 5.20. The first-order valence-corrected chi connectivity index (χ1v) is 8.39. The molecule has 0 aliphatic carbocycles. The van der Waals surface area contributed by atoms with Crippen LogP contribution in [0.15, 0.2) is 38.0 Å². The molecule has 80 valence electrons. The third-order valence-corrected chi connectivity index (χ3v) is 2.86. The molecule has 0 N–H and O–H groups in total. The number of rotatable bonds is 7. The normalized spacial score (nSPS) is 15.6. The van der Waals surface area contributed by atoms with E-state index in [0.717, 1.165) is 6.42 Å². The summed E-state index contributed by atoms with van der Waals surface area (Å²) in [5.74, 6) is 0.303. The van der Waals surface area contributed by atoms with Gasteiger partial charge in [0.1, 0.15) is 0 Å². The molecule has 0 radical (unpaired) electrons. The van der Waals surface area contributed by atoms with Gasteiger partial charge in [-0.15, -0.1) is 19.7 Å². The van der Waals surface area contributed by atoms with E-state index in [-0.39, 0.29) is 6.10 Å². The molecule has 0 bridgehead atoms. The average molecular weight is 210 g/mol. The molecule has 0 aromatic rings. The summed E-state index contributed by atoms with van der Waals surface area (Å²) in [5, 5.41) is 0. The van der Waals surface area contributed by atoms with Crippen LogP contribution in [-0.2, 0) is 4.43 Å². The Kier molecular flexibility index (Phi) is 5.73. The molecule has 0 unspecified atom stereocenters. The molecule has 0 aromatic carbocycles. The van der Waals surface area contributed by atoms with Crippen molar-refractivity contribution in [3.05, 3.63) is 38.0 Å². The lowest BCUT2D eigenvalue weighted by molar-refractivity contribution is 0.197. The van der Waals surface area contributed by atoms with Gasteiger partial charge in [-0.05, 0) is 26.1 Å². The lowest BCUT2D eigenvalue weighted by Crippen LogP contribution is -2.34. The molecule has 0 saturated heterocycles. The van der Waals surface area contributed by atoms with Gasteiger partial charge in [-0.1, -0.05) is 18.2 Å². The summed E-state index contributed by atoms with van der Waals surface area (Å²) in [5.41, 5.74) is 0. The smallest absolute Gasteiger partial charge is 0.184 e. The molecule has 0 aromatic heterocycles. The van der Waals surface area contributed by atoms with Crippen molar-refractivity contribution in [2.24, 2.45) is 5.92 Å². The highest BCUT2D eigenvalue weighted by molar-refractivity contribution is 6.69. The molecule has 0 aliphatic heterocycles. The molecule has 0 heterocycles. The topological polar surface area (TPSA) is 9.23 Å². The molecule has 14 heavy (non-hydrogen) atoms. The molecule has 0 aliphatic rings. The summed E-state index contributed by atoms with van der Waals surface area (Å²) >= 11 is 0. The zero-order chi connectivity index (χ0) is 11.2. The monoisotopic (exact) mass is 210 g/mol. The van der Waals surface area contributed by atoms with Crippen LogP contribution in [0.25, 0.3) is 0 Å². The van der Waals surface area contributed by atoms with Crippen molar-refractivity contribution in [3.63, 3.8) is 0 Å². The predicted octanol–water partition coefficient (Wildman–Crippen LogP) is 3.77. The summed E-state index contributed by atoms with van der Waals surface area (Å²) in [6, 6.07) is 0. The predicted molar refractivity (Wildman–Crippen MR) is 66.9 cm³/mol. The van der Waals surface area contributed by atoms with Crippen molar-refractivity contribution < 1.29 is 4.43 Å². The molecule has 0 rings (SSSR count). The summed E-state index contributed by atoms with van der Waals surface area (Å²) < 4.78 is 5.99. The zero-order valence-electron chi connectivity index (χ0n) is 9.62. The summed E-state index contributed by atoms with van der Waals surface area (Å²) in [4.78, 5) is 0. The second-order valence-corrected chi connectivity index (χ2v) is 8.81. The Morgan fingerprint density at radius 3 is 2.00 bits per heavy atom. The molecular formula is C12H22OSi. The lowest BCUT2D eigenvalue weighted by atomic mass is 9.99. The average Bonchev–Trinajstić information content (AvgIpc) is 2.09. The second-order valence-electron chi connectivity index (χ2n) is 4.35. The minimum Gasteiger partial charge on any atom is -0.411 e. The Morgan fingerprint density at radius 1 is 1.14 bits per heavy atom. The van der Waals surface area contributed by atoms with Crippen LogP contribution in [0.3, 0.4) is 0 Å². The maximum Gasteiger partial charge on any atom is 0.184 e. The zero-order valence-corrected chi connectivity index (χ0v) is 10.6. The Hall–Kier alpha value is -0.603. The molecule has 0 spiro atoms. The van der Waals surface area contributed by atoms with Gasteiger partial charge in [-0.25, -0.2) is 0 Å². The fourth-order valence-electron chi connectivity index (χ4n) is 1.28.